The van der Waals surface area contributed by atoms with Crippen LogP contribution in [0.25, 0.3) is 0 Å². The molecule has 0 spiro atoms. The van der Waals surface area contributed by atoms with E-state index in [-0.39, 0.29) is 37.0 Å². The standard InChI is InChI=1S/C12H22O5/c1-5-9(4)12(15)17-7-10(13)6-16-11(14)8(2)3/h8-10,13H,5-7H2,1-4H3. The third-order valence-corrected chi connectivity index (χ3v) is 2.32. The van der Waals surface area contributed by atoms with Gasteiger partial charge in [0.1, 0.15) is 19.3 Å². The number of aliphatic hydroxyl groups is 1. The summed E-state index contributed by atoms with van der Waals surface area (Å²) in [6.45, 7) is 6.76. The van der Waals surface area contributed by atoms with Crippen molar-refractivity contribution in [2.45, 2.75) is 40.2 Å². The van der Waals surface area contributed by atoms with Crippen molar-refractivity contribution in [3.05, 3.63) is 0 Å². The molecule has 0 aromatic carbocycles. The fourth-order valence-electron chi connectivity index (χ4n) is 0.880. The predicted octanol–water partition coefficient (Wildman–Crippen LogP) is 1.14. The molecule has 0 radical (unpaired) electrons. The summed E-state index contributed by atoms with van der Waals surface area (Å²) in [5.41, 5.74) is 0. The van der Waals surface area contributed by atoms with E-state index in [2.05, 4.69) is 0 Å². The monoisotopic (exact) mass is 246 g/mol. The van der Waals surface area contributed by atoms with Gasteiger partial charge in [0, 0.05) is 0 Å². The molecule has 0 heterocycles. The van der Waals surface area contributed by atoms with Crippen LogP contribution >= 0.6 is 0 Å². The number of esters is 2. The second-order valence-corrected chi connectivity index (χ2v) is 4.38. The summed E-state index contributed by atoms with van der Waals surface area (Å²) in [6.07, 6.45) is -0.275. The number of ether oxygens (including phenoxy) is 2. The largest absolute Gasteiger partial charge is 0.463 e. The Kier molecular flexibility index (Phi) is 7.54. The lowest BCUT2D eigenvalue weighted by atomic mass is 10.1. The van der Waals surface area contributed by atoms with Gasteiger partial charge in [0.05, 0.1) is 11.8 Å². The van der Waals surface area contributed by atoms with Crippen LogP contribution in [0.15, 0.2) is 0 Å². The third kappa shape index (κ3) is 6.94. The molecule has 0 aliphatic rings. The maximum absolute atomic E-state index is 11.3. The average molecular weight is 246 g/mol. The van der Waals surface area contributed by atoms with Gasteiger partial charge in [-0.2, -0.15) is 0 Å². The quantitative estimate of drug-likeness (QED) is 0.682. The van der Waals surface area contributed by atoms with Crippen LogP contribution < -0.4 is 0 Å². The highest BCUT2D eigenvalue weighted by atomic mass is 16.6. The third-order valence-electron chi connectivity index (χ3n) is 2.32. The Morgan fingerprint density at radius 3 is 1.94 bits per heavy atom. The summed E-state index contributed by atoms with van der Waals surface area (Å²) in [5, 5.41) is 9.43. The lowest BCUT2D eigenvalue weighted by molar-refractivity contribution is -0.156. The smallest absolute Gasteiger partial charge is 0.308 e. The van der Waals surface area contributed by atoms with Gasteiger partial charge in [-0.05, 0) is 6.42 Å². The van der Waals surface area contributed by atoms with E-state index in [1.54, 1.807) is 20.8 Å². The van der Waals surface area contributed by atoms with Crippen LogP contribution in [-0.2, 0) is 19.1 Å². The van der Waals surface area contributed by atoms with Crippen LogP contribution in [0.2, 0.25) is 0 Å². The number of carbonyl (C=O) groups is 2. The molecule has 0 saturated heterocycles. The van der Waals surface area contributed by atoms with E-state index in [0.717, 1.165) is 0 Å². The van der Waals surface area contributed by atoms with Gasteiger partial charge in [0.25, 0.3) is 0 Å². The van der Waals surface area contributed by atoms with E-state index in [1.807, 2.05) is 6.92 Å². The lowest BCUT2D eigenvalue weighted by Crippen LogP contribution is -2.27. The minimum absolute atomic E-state index is 0.144. The van der Waals surface area contributed by atoms with Gasteiger partial charge in [0.2, 0.25) is 0 Å². The highest BCUT2D eigenvalue weighted by molar-refractivity contribution is 5.72. The van der Waals surface area contributed by atoms with Gasteiger partial charge in [0.15, 0.2) is 0 Å². The zero-order valence-corrected chi connectivity index (χ0v) is 10.9. The van der Waals surface area contributed by atoms with Gasteiger partial charge < -0.3 is 14.6 Å². The molecule has 5 nitrogen and oxygen atoms in total. The zero-order chi connectivity index (χ0) is 13.4. The summed E-state index contributed by atoms with van der Waals surface area (Å²) >= 11 is 0. The highest BCUT2D eigenvalue weighted by Gasteiger charge is 2.16. The summed E-state index contributed by atoms with van der Waals surface area (Å²) in [7, 11) is 0. The number of hydrogen-bond donors (Lipinski definition) is 1. The molecule has 0 aromatic rings. The zero-order valence-electron chi connectivity index (χ0n) is 10.9. The first-order valence-corrected chi connectivity index (χ1v) is 5.89. The van der Waals surface area contributed by atoms with Crippen LogP contribution in [0.3, 0.4) is 0 Å². The van der Waals surface area contributed by atoms with Crippen LogP contribution in [-0.4, -0.2) is 36.4 Å². The molecular formula is C12H22O5. The Morgan fingerprint density at radius 2 is 1.53 bits per heavy atom. The minimum Gasteiger partial charge on any atom is -0.463 e. The highest BCUT2D eigenvalue weighted by Crippen LogP contribution is 2.04. The molecule has 0 aliphatic heterocycles. The molecule has 0 aliphatic carbocycles. The molecule has 0 rings (SSSR count). The number of hydrogen-bond acceptors (Lipinski definition) is 5. The van der Waals surface area contributed by atoms with Crippen molar-refractivity contribution in [1.29, 1.82) is 0 Å². The molecule has 0 aromatic heterocycles. The fraction of sp³-hybridized carbons (Fsp3) is 0.833. The van der Waals surface area contributed by atoms with Crippen molar-refractivity contribution in [3.63, 3.8) is 0 Å². The molecule has 2 unspecified atom stereocenters. The second kappa shape index (κ2) is 8.06. The Balaban J connectivity index is 3.77. The van der Waals surface area contributed by atoms with Crippen molar-refractivity contribution >= 4 is 11.9 Å². The topological polar surface area (TPSA) is 72.8 Å². The van der Waals surface area contributed by atoms with Gasteiger partial charge >= 0.3 is 11.9 Å². The Hall–Kier alpha value is -1.10. The summed E-state index contributed by atoms with van der Waals surface area (Å²) in [4.78, 5) is 22.4. The first-order valence-electron chi connectivity index (χ1n) is 5.89. The van der Waals surface area contributed by atoms with Crippen molar-refractivity contribution in [1.82, 2.24) is 0 Å². The minimum atomic E-state index is -0.967. The van der Waals surface area contributed by atoms with Gasteiger partial charge in [-0.3, -0.25) is 9.59 Å². The van der Waals surface area contributed by atoms with Gasteiger partial charge in [-0.15, -0.1) is 0 Å². The van der Waals surface area contributed by atoms with E-state index in [4.69, 9.17) is 9.47 Å². The predicted molar refractivity (Wildman–Crippen MR) is 62.2 cm³/mol. The summed E-state index contributed by atoms with van der Waals surface area (Å²) in [6, 6.07) is 0. The molecule has 0 amide bonds. The van der Waals surface area contributed by atoms with Crippen molar-refractivity contribution in [2.75, 3.05) is 13.2 Å². The molecular weight excluding hydrogens is 224 g/mol. The number of carbonyl (C=O) groups excluding carboxylic acids is 2. The number of rotatable bonds is 7. The van der Waals surface area contributed by atoms with Crippen molar-refractivity contribution in [2.24, 2.45) is 11.8 Å². The Bertz CT molecular complexity index is 249. The maximum atomic E-state index is 11.3. The molecule has 5 heteroatoms. The first-order chi connectivity index (χ1) is 7.88. The van der Waals surface area contributed by atoms with Crippen LogP contribution in [0.4, 0.5) is 0 Å². The normalized spacial score (nSPS) is 14.2. The lowest BCUT2D eigenvalue weighted by Gasteiger charge is -2.14. The van der Waals surface area contributed by atoms with E-state index in [0.29, 0.717) is 6.42 Å². The van der Waals surface area contributed by atoms with Gasteiger partial charge in [-0.25, -0.2) is 0 Å². The summed E-state index contributed by atoms with van der Waals surface area (Å²) < 4.78 is 9.67. The van der Waals surface area contributed by atoms with Crippen LogP contribution in [0.1, 0.15) is 34.1 Å². The maximum Gasteiger partial charge on any atom is 0.308 e. The Morgan fingerprint density at radius 1 is 1.06 bits per heavy atom. The van der Waals surface area contributed by atoms with Gasteiger partial charge in [-0.1, -0.05) is 27.7 Å². The molecule has 1 N–H and O–H groups in total. The van der Waals surface area contributed by atoms with E-state index in [9.17, 15) is 14.7 Å². The molecule has 100 valence electrons. The summed E-state index contributed by atoms with van der Waals surface area (Å²) in [5.74, 6) is -1.13. The average Bonchev–Trinajstić information content (AvgIpc) is 2.31. The molecule has 0 fully saturated rings. The molecule has 0 bridgehead atoms. The van der Waals surface area contributed by atoms with Crippen LogP contribution in [0, 0.1) is 11.8 Å². The second-order valence-electron chi connectivity index (χ2n) is 4.38. The molecule has 2 atom stereocenters. The van der Waals surface area contributed by atoms with Crippen molar-refractivity contribution < 1.29 is 24.2 Å². The van der Waals surface area contributed by atoms with Crippen LogP contribution in [0.5, 0.6) is 0 Å². The first kappa shape index (κ1) is 15.9. The van der Waals surface area contributed by atoms with E-state index in [1.165, 1.54) is 0 Å². The van der Waals surface area contributed by atoms with E-state index < -0.39 is 6.10 Å². The van der Waals surface area contributed by atoms with Crippen molar-refractivity contribution in [3.8, 4) is 0 Å². The SMILES string of the molecule is CCC(C)C(=O)OCC(O)COC(=O)C(C)C. The molecule has 17 heavy (non-hydrogen) atoms. The fourth-order valence-corrected chi connectivity index (χ4v) is 0.880. The molecule has 0 saturated carbocycles. The Labute approximate surface area is 102 Å². The number of aliphatic hydroxyl groups excluding tert-OH is 1. The van der Waals surface area contributed by atoms with E-state index >= 15 is 0 Å².